The van der Waals surface area contributed by atoms with Crippen molar-refractivity contribution in [3.8, 4) is 0 Å². The van der Waals surface area contributed by atoms with Crippen molar-refractivity contribution in [2.75, 3.05) is 5.32 Å². The Morgan fingerprint density at radius 2 is 1.92 bits per heavy atom. The fraction of sp³-hybridized carbons (Fsp3) is 0.0526. The molecule has 1 aliphatic rings. The number of benzene rings is 1. The van der Waals surface area contributed by atoms with E-state index in [9.17, 15) is 9.59 Å². The summed E-state index contributed by atoms with van der Waals surface area (Å²) >= 11 is 1.34. The number of thiophene rings is 1. The van der Waals surface area contributed by atoms with Gasteiger partial charge in [0.25, 0.3) is 5.91 Å². The van der Waals surface area contributed by atoms with Gasteiger partial charge in [-0.25, -0.2) is 4.79 Å². The fourth-order valence-corrected chi connectivity index (χ4v) is 3.52. The smallest absolute Gasteiger partial charge is 0.317 e. The van der Waals surface area contributed by atoms with E-state index >= 15 is 0 Å². The van der Waals surface area contributed by atoms with Crippen LogP contribution in [0.3, 0.4) is 0 Å². The number of hydrogen-bond donors (Lipinski definition) is 4. The molecule has 0 saturated heterocycles. The van der Waals surface area contributed by atoms with Gasteiger partial charge in [0.05, 0.1) is 11.3 Å². The molecule has 6 nitrogen and oxygen atoms in total. The Morgan fingerprint density at radius 1 is 1.12 bits per heavy atom. The van der Waals surface area contributed by atoms with Crippen molar-refractivity contribution in [2.45, 2.75) is 6.42 Å². The van der Waals surface area contributed by atoms with Crippen LogP contribution in [0.1, 0.15) is 20.8 Å². The van der Waals surface area contributed by atoms with Gasteiger partial charge in [-0.3, -0.25) is 10.1 Å². The molecule has 3 amide bonds. The Kier molecular flexibility index (Phi) is 5.50. The standard InChI is InChI=1S/C19H18N4O2S/c20-19(25)23-18-16(17(24)22-14-8-4-5-9-21-12-14)11-15(26-18)10-13-6-2-1-3-7-13/h1-9,11-12,21H,10H2,(H,22,24)(H3,20,23,25). The van der Waals surface area contributed by atoms with Gasteiger partial charge in [-0.2, -0.15) is 0 Å². The van der Waals surface area contributed by atoms with Crippen LogP contribution in [0.25, 0.3) is 0 Å². The molecule has 0 bridgehead atoms. The normalized spacial score (nSPS) is 12.7. The van der Waals surface area contributed by atoms with Crippen LogP contribution in [0.15, 0.2) is 72.7 Å². The van der Waals surface area contributed by atoms with Gasteiger partial charge < -0.3 is 16.4 Å². The van der Waals surface area contributed by atoms with Gasteiger partial charge in [0.2, 0.25) is 0 Å². The molecule has 5 N–H and O–H groups in total. The average molecular weight is 366 g/mol. The number of hydrogen-bond acceptors (Lipinski definition) is 4. The van der Waals surface area contributed by atoms with Crippen LogP contribution in [0.2, 0.25) is 0 Å². The Morgan fingerprint density at radius 3 is 2.69 bits per heavy atom. The van der Waals surface area contributed by atoms with E-state index in [1.54, 1.807) is 24.5 Å². The zero-order valence-electron chi connectivity index (χ0n) is 13.9. The number of primary amides is 1. The summed E-state index contributed by atoms with van der Waals surface area (Å²) in [6, 6.07) is 11.0. The van der Waals surface area contributed by atoms with Crippen LogP contribution in [-0.4, -0.2) is 11.9 Å². The van der Waals surface area contributed by atoms with Gasteiger partial charge in [0, 0.05) is 23.7 Å². The van der Waals surface area contributed by atoms with Crippen LogP contribution in [0.4, 0.5) is 9.80 Å². The zero-order chi connectivity index (χ0) is 18.4. The quantitative estimate of drug-likeness (QED) is 0.655. The SMILES string of the molecule is NC(=O)Nc1sc(Cc2ccccc2)cc1C(=O)NC1=CNC=CC=C1. The van der Waals surface area contributed by atoms with Crippen molar-refractivity contribution in [1.29, 1.82) is 0 Å². The Bertz CT molecular complexity index is 898. The van der Waals surface area contributed by atoms with Gasteiger partial charge >= 0.3 is 6.03 Å². The van der Waals surface area contributed by atoms with E-state index in [2.05, 4.69) is 16.0 Å². The molecular formula is C19H18N4O2S. The predicted octanol–water partition coefficient (Wildman–Crippen LogP) is 3.07. The van der Waals surface area contributed by atoms with Crippen LogP contribution < -0.4 is 21.7 Å². The highest BCUT2D eigenvalue weighted by atomic mass is 32.1. The number of rotatable bonds is 5. The maximum absolute atomic E-state index is 12.7. The predicted molar refractivity (Wildman–Crippen MR) is 104 cm³/mol. The molecule has 2 heterocycles. The lowest BCUT2D eigenvalue weighted by molar-refractivity contribution is 0.0968. The van der Waals surface area contributed by atoms with E-state index in [4.69, 9.17) is 5.73 Å². The number of allylic oxidation sites excluding steroid dienone is 3. The molecule has 7 heteroatoms. The third-order valence-electron chi connectivity index (χ3n) is 3.56. The van der Waals surface area contributed by atoms with Crippen molar-refractivity contribution >= 4 is 28.3 Å². The van der Waals surface area contributed by atoms with E-state index in [-0.39, 0.29) is 5.91 Å². The van der Waals surface area contributed by atoms with Gasteiger partial charge in [0.1, 0.15) is 5.00 Å². The Hall–Kier alpha value is -3.32. The highest BCUT2D eigenvalue weighted by molar-refractivity contribution is 7.16. The molecule has 26 heavy (non-hydrogen) atoms. The molecule has 0 atom stereocenters. The first-order valence-electron chi connectivity index (χ1n) is 7.96. The molecule has 1 aromatic carbocycles. The van der Waals surface area contributed by atoms with Crippen molar-refractivity contribution < 1.29 is 9.59 Å². The van der Waals surface area contributed by atoms with E-state index in [0.29, 0.717) is 22.7 Å². The number of urea groups is 1. The molecule has 0 aliphatic carbocycles. The van der Waals surface area contributed by atoms with Crippen molar-refractivity contribution in [3.63, 3.8) is 0 Å². The van der Waals surface area contributed by atoms with Crippen molar-refractivity contribution in [2.24, 2.45) is 5.73 Å². The second-order valence-electron chi connectivity index (χ2n) is 5.55. The topological polar surface area (TPSA) is 96.2 Å². The highest BCUT2D eigenvalue weighted by Gasteiger charge is 2.18. The van der Waals surface area contributed by atoms with E-state index in [0.717, 1.165) is 10.4 Å². The third kappa shape index (κ3) is 4.61. The second kappa shape index (κ2) is 8.17. The number of nitrogens with two attached hydrogens (primary N) is 1. The average Bonchev–Trinajstić information content (AvgIpc) is 2.82. The first kappa shape index (κ1) is 17.5. The number of anilines is 1. The number of carbonyl (C=O) groups is 2. The minimum Gasteiger partial charge on any atom is -0.366 e. The maximum atomic E-state index is 12.7. The van der Waals surface area contributed by atoms with Gasteiger partial charge in [-0.05, 0) is 23.8 Å². The molecule has 1 aliphatic heterocycles. The van der Waals surface area contributed by atoms with Crippen molar-refractivity contribution in [3.05, 3.63) is 88.7 Å². The molecule has 2 aromatic rings. The van der Waals surface area contributed by atoms with E-state index < -0.39 is 6.03 Å². The van der Waals surface area contributed by atoms with Crippen molar-refractivity contribution in [1.82, 2.24) is 10.6 Å². The molecule has 3 rings (SSSR count). The first-order valence-corrected chi connectivity index (χ1v) is 8.77. The fourth-order valence-electron chi connectivity index (χ4n) is 2.43. The summed E-state index contributed by atoms with van der Waals surface area (Å²) < 4.78 is 0. The molecule has 0 saturated carbocycles. The summed E-state index contributed by atoms with van der Waals surface area (Å²) in [5.41, 5.74) is 7.36. The largest absolute Gasteiger partial charge is 0.366 e. The Labute approximate surface area is 155 Å². The summed E-state index contributed by atoms with van der Waals surface area (Å²) in [6.45, 7) is 0. The minimum atomic E-state index is -0.702. The molecule has 0 fully saturated rings. The molecule has 0 radical (unpaired) electrons. The molecular weight excluding hydrogens is 348 g/mol. The molecule has 0 spiro atoms. The highest BCUT2D eigenvalue weighted by Crippen LogP contribution is 2.30. The van der Waals surface area contributed by atoms with Crippen LogP contribution in [0, 0.1) is 0 Å². The summed E-state index contributed by atoms with van der Waals surface area (Å²) in [7, 11) is 0. The lowest BCUT2D eigenvalue weighted by Gasteiger charge is -2.06. The number of carbonyl (C=O) groups excluding carboxylic acids is 2. The lowest BCUT2D eigenvalue weighted by atomic mass is 10.1. The van der Waals surface area contributed by atoms with E-state index in [1.807, 2.05) is 42.5 Å². The molecule has 0 unspecified atom stereocenters. The van der Waals surface area contributed by atoms with Crippen LogP contribution in [0.5, 0.6) is 0 Å². The second-order valence-corrected chi connectivity index (χ2v) is 6.68. The van der Waals surface area contributed by atoms with Gasteiger partial charge in [-0.15, -0.1) is 11.3 Å². The first-order chi connectivity index (χ1) is 12.6. The lowest BCUT2D eigenvalue weighted by Crippen LogP contribution is -2.25. The maximum Gasteiger partial charge on any atom is 0.317 e. The third-order valence-corrected chi connectivity index (χ3v) is 4.61. The summed E-state index contributed by atoms with van der Waals surface area (Å²) in [5.74, 6) is -0.316. The van der Waals surface area contributed by atoms with E-state index in [1.165, 1.54) is 11.3 Å². The number of amides is 3. The molecule has 132 valence electrons. The minimum absolute atomic E-state index is 0.316. The zero-order valence-corrected chi connectivity index (χ0v) is 14.7. The van der Waals surface area contributed by atoms with Crippen LogP contribution >= 0.6 is 11.3 Å². The van der Waals surface area contributed by atoms with Gasteiger partial charge in [-0.1, -0.05) is 36.4 Å². The summed E-state index contributed by atoms with van der Waals surface area (Å²) in [6.07, 6.45) is 9.49. The Balaban J connectivity index is 1.82. The summed E-state index contributed by atoms with van der Waals surface area (Å²) in [4.78, 5) is 24.9. The summed E-state index contributed by atoms with van der Waals surface area (Å²) in [5, 5.41) is 8.72. The van der Waals surface area contributed by atoms with Crippen LogP contribution in [-0.2, 0) is 6.42 Å². The van der Waals surface area contributed by atoms with Gasteiger partial charge in [0.15, 0.2) is 0 Å². The monoisotopic (exact) mass is 366 g/mol. The number of nitrogens with one attached hydrogen (secondary N) is 3. The molecule has 1 aromatic heterocycles.